The molecule has 0 N–H and O–H groups in total. The van der Waals surface area contributed by atoms with Crippen molar-refractivity contribution in [2.45, 2.75) is 20.4 Å². The molecule has 2 aliphatic heterocycles. The highest BCUT2D eigenvalue weighted by Crippen LogP contribution is 2.28. The smallest absolute Gasteiger partial charge is 0.169 e. The highest BCUT2D eigenvalue weighted by atomic mass is 19.2. The molecule has 0 amide bonds. The number of imidazole rings is 1. The summed E-state index contributed by atoms with van der Waals surface area (Å²) in [5.41, 5.74) is 7.43. The largest absolute Gasteiger partial charge is 0.348 e. The fourth-order valence-corrected chi connectivity index (χ4v) is 3.89. The van der Waals surface area contributed by atoms with Crippen molar-refractivity contribution in [3.63, 3.8) is 0 Å². The molecule has 3 aromatic carbocycles. The predicted octanol–water partition coefficient (Wildman–Crippen LogP) is 6.66. The molecular formula is C27H21F2N3. The van der Waals surface area contributed by atoms with Gasteiger partial charge in [-0.2, -0.15) is 0 Å². The molecule has 5 rings (SSSR count). The van der Waals surface area contributed by atoms with E-state index in [1.807, 2.05) is 23.0 Å². The van der Waals surface area contributed by atoms with E-state index in [1.54, 1.807) is 0 Å². The minimum absolute atomic E-state index is 0.0646. The van der Waals surface area contributed by atoms with E-state index in [1.165, 1.54) is 34.4 Å². The zero-order valence-electron chi connectivity index (χ0n) is 17.8. The van der Waals surface area contributed by atoms with Gasteiger partial charge in [0.15, 0.2) is 17.5 Å². The average Bonchev–Trinajstić information content (AvgIpc) is 3.21. The van der Waals surface area contributed by atoms with Gasteiger partial charge in [0.05, 0.1) is 11.3 Å². The Morgan fingerprint density at radius 1 is 0.812 bits per heavy atom. The van der Waals surface area contributed by atoms with Crippen molar-refractivity contribution in [2.24, 2.45) is 0 Å². The second-order valence-corrected chi connectivity index (χ2v) is 8.05. The topological polar surface area (TPSA) is 30.7 Å². The lowest BCUT2D eigenvalue weighted by Crippen LogP contribution is -2.01. The van der Waals surface area contributed by atoms with Crippen molar-refractivity contribution in [2.75, 3.05) is 0 Å². The van der Waals surface area contributed by atoms with E-state index in [9.17, 15) is 8.78 Å². The van der Waals surface area contributed by atoms with Crippen LogP contribution in [0.3, 0.4) is 0 Å². The fourth-order valence-electron chi connectivity index (χ4n) is 3.89. The molecule has 0 atom stereocenters. The van der Waals surface area contributed by atoms with Gasteiger partial charge in [0.1, 0.15) is 5.69 Å². The predicted molar refractivity (Wildman–Crippen MR) is 122 cm³/mol. The van der Waals surface area contributed by atoms with Gasteiger partial charge in [0.2, 0.25) is 0 Å². The molecule has 0 saturated carbocycles. The molecule has 0 aliphatic carbocycles. The highest BCUT2D eigenvalue weighted by Gasteiger charge is 2.17. The Bertz CT molecular complexity index is 1390. The first-order valence-electron chi connectivity index (χ1n) is 10.4. The fraction of sp³-hybridized carbons (Fsp3) is 0.111. The monoisotopic (exact) mass is 425 g/mol. The number of hydrogen-bond acceptors (Lipinski definition) is 2. The summed E-state index contributed by atoms with van der Waals surface area (Å²) in [4.78, 5) is 8.78. The molecular weight excluding hydrogens is 404 g/mol. The molecule has 0 fully saturated rings. The number of hydrogen-bond donors (Lipinski definition) is 0. The minimum Gasteiger partial charge on any atom is -0.348 e. The van der Waals surface area contributed by atoms with E-state index >= 15 is 0 Å². The van der Waals surface area contributed by atoms with Crippen molar-refractivity contribution in [1.29, 1.82) is 0 Å². The molecule has 0 bridgehead atoms. The van der Waals surface area contributed by atoms with Crippen LogP contribution >= 0.6 is 0 Å². The third kappa shape index (κ3) is 3.78. The number of benzene rings is 3. The summed E-state index contributed by atoms with van der Waals surface area (Å²) in [5.74, 6) is -1.65. The second-order valence-electron chi connectivity index (χ2n) is 8.05. The highest BCUT2D eigenvalue weighted by molar-refractivity contribution is 5.68. The number of nitrogens with zero attached hydrogens (tertiary/aromatic N) is 3. The Morgan fingerprint density at radius 3 is 2.41 bits per heavy atom. The van der Waals surface area contributed by atoms with E-state index in [-0.39, 0.29) is 11.4 Å². The Hall–Kier alpha value is -3.86. The molecule has 3 aromatic rings. The van der Waals surface area contributed by atoms with Crippen LogP contribution in [0.1, 0.15) is 16.7 Å². The van der Waals surface area contributed by atoms with Crippen LogP contribution < -0.4 is 0 Å². The minimum atomic E-state index is -0.931. The second kappa shape index (κ2) is 8.00. The van der Waals surface area contributed by atoms with Crippen molar-refractivity contribution >= 4 is 0 Å². The Morgan fingerprint density at radius 2 is 1.59 bits per heavy atom. The first kappa shape index (κ1) is 20.1. The Labute approximate surface area is 185 Å². The zero-order chi connectivity index (χ0) is 22.2. The lowest BCUT2D eigenvalue weighted by Gasteiger charge is -2.11. The summed E-state index contributed by atoms with van der Waals surface area (Å²) in [5, 5.41) is 0. The van der Waals surface area contributed by atoms with Gasteiger partial charge in [-0.15, -0.1) is 0 Å². The number of halogens is 2. The van der Waals surface area contributed by atoms with Crippen LogP contribution in [0.25, 0.3) is 33.9 Å². The summed E-state index contributed by atoms with van der Waals surface area (Å²) >= 11 is 0. The molecule has 3 nitrogen and oxygen atoms in total. The maximum absolute atomic E-state index is 14.1. The quantitative estimate of drug-likeness (QED) is 0.322. The Kier molecular flexibility index (Phi) is 5.02. The van der Waals surface area contributed by atoms with Gasteiger partial charge in [-0.3, -0.25) is 0 Å². The summed E-state index contributed by atoms with van der Waals surface area (Å²) in [6.45, 7) is 4.89. The first-order chi connectivity index (χ1) is 15.5. The van der Waals surface area contributed by atoms with Gasteiger partial charge < -0.3 is 4.57 Å². The molecule has 0 radical (unpaired) electrons. The SMILES string of the molecule is Cc1ccc(C)c(-c2ccc(Cn3ccc4nc(-c5cccc(F)c5F)nc-4c3)cc2)c1. The summed E-state index contributed by atoms with van der Waals surface area (Å²) < 4.78 is 29.7. The summed E-state index contributed by atoms with van der Waals surface area (Å²) in [6.07, 6.45) is 3.79. The number of fused-ring (bicyclic) bond motifs is 1. The average molecular weight is 425 g/mol. The third-order valence-electron chi connectivity index (χ3n) is 5.64. The lowest BCUT2D eigenvalue weighted by atomic mass is 9.97. The standard InChI is InChI=1S/C27H21F2N3/c1-17-6-7-18(2)22(14-17)20-10-8-19(9-11-20)15-32-13-12-24-25(16-32)31-27(30-24)21-4-3-5-23(28)26(21)29/h3-14,16H,15H2,1-2H3. The molecule has 2 aliphatic rings. The van der Waals surface area contributed by atoms with E-state index in [4.69, 9.17) is 0 Å². The van der Waals surface area contributed by atoms with Gasteiger partial charge in [-0.1, -0.05) is 54.1 Å². The van der Waals surface area contributed by atoms with Crippen LogP contribution in [0.5, 0.6) is 0 Å². The van der Waals surface area contributed by atoms with Crippen LogP contribution in [0, 0.1) is 25.5 Å². The van der Waals surface area contributed by atoms with Gasteiger partial charge in [0, 0.05) is 18.9 Å². The molecule has 0 unspecified atom stereocenters. The van der Waals surface area contributed by atoms with Gasteiger partial charge in [-0.05, 0) is 54.3 Å². The van der Waals surface area contributed by atoms with Gasteiger partial charge >= 0.3 is 0 Å². The molecule has 0 saturated heterocycles. The maximum atomic E-state index is 14.1. The van der Waals surface area contributed by atoms with Gasteiger partial charge in [-0.25, -0.2) is 18.7 Å². The van der Waals surface area contributed by atoms with Crippen molar-refractivity contribution in [3.05, 3.63) is 107 Å². The molecule has 0 spiro atoms. The number of aryl methyl sites for hydroxylation is 2. The van der Waals surface area contributed by atoms with Crippen LogP contribution in [0.4, 0.5) is 8.78 Å². The van der Waals surface area contributed by atoms with Crippen LogP contribution in [-0.4, -0.2) is 14.5 Å². The van der Waals surface area contributed by atoms with E-state index < -0.39 is 11.6 Å². The van der Waals surface area contributed by atoms with Crippen molar-refractivity contribution in [1.82, 2.24) is 14.5 Å². The molecule has 158 valence electrons. The van der Waals surface area contributed by atoms with E-state index in [0.29, 0.717) is 17.9 Å². The number of aromatic nitrogens is 3. The van der Waals surface area contributed by atoms with Gasteiger partial charge in [0.25, 0.3) is 0 Å². The van der Waals surface area contributed by atoms with E-state index in [2.05, 4.69) is 66.3 Å². The van der Waals surface area contributed by atoms with Crippen LogP contribution in [0.2, 0.25) is 0 Å². The van der Waals surface area contributed by atoms with E-state index in [0.717, 1.165) is 11.6 Å². The van der Waals surface area contributed by atoms with Crippen LogP contribution in [-0.2, 0) is 6.54 Å². The molecule has 5 heteroatoms. The van der Waals surface area contributed by atoms with Crippen LogP contribution in [0.15, 0.2) is 79.1 Å². The zero-order valence-corrected chi connectivity index (χ0v) is 17.8. The summed E-state index contributed by atoms with van der Waals surface area (Å²) in [6, 6.07) is 20.9. The summed E-state index contributed by atoms with van der Waals surface area (Å²) in [7, 11) is 0. The molecule has 0 aromatic heterocycles. The number of pyridine rings is 1. The number of rotatable bonds is 4. The first-order valence-corrected chi connectivity index (χ1v) is 10.4. The third-order valence-corrected chi connectivity index (χ3v) is 5.64. The molecule has 2 heterocycles. The maximum Gasteiger partial charge on any atom is 0.169 e. The van der Waals surface area contributed by atoms with Crippen molar-refractivity contribution in [3.8, 4) is 33.9 Å². The normalized spacial score (nSPS) is 11.2. The lowest BCUT2D eigenvalue weighted by molar-refractivity contribution is 0.510. The molecule has 32 heavy (non-hydrogen) atoms. The van der Waals surface area contributed by atoms with Crippen molar-refractivity contribution < 1.29 is 8.78 Å². The Balaban J connectivity index is 1.40.